The molecule has 0 spiro atoms. The number of carbonyl (C=O) groups is 2. The molecule has 2 aliphatic rings. The molecule has 2 aliphatic heterocycles. The standard InChI is InChI=1S/C31H30N4O4S/c1-3-39-30(37)27-28(21-10-5-4-6-11-21)34-31-35(29(27)22-12-9-14-25(18-22)38-2)24(20-40-31)19-26(36)33-17-15-23-13-7-8-16-32-23/h4-14,16,18,20,29H,3,15,17,19H2,1-2H3,(H,33,36). The zero-order chi connectivity index (χ0) is 27.9. The van der Waals surface area contributed by atoms with Crippen molar-refractivity contribution in [2.75, 3.05) is 20.3 Å². The molecule has 0 saturated heterocycles. The molecular formula is C31H30N4O4S. The van der Waals surface area contributed by atoms with Crippen LogP contribution < -0.4 is 10.1 Å². The summed E-state index contributed by atoms with van der Waals surface area (Å²) in [6.07, 6.45) is 2.51. The van der Waals surface area contributed by atoms with E-state index in [0.717, 1.165) is 22.5 Å². The van der Waals surface area contributed by atoms with Crippen molar-refractivity contribution in [3.05, 3.63) is 112 Å². The molecule has 5 rings (SSSR count). The Kier molecular flexibility index (Phi) is 8.61. The fourth-order valence-corrected chi connectivity index (χ4v) is 5.64. The average molecular weight is 555 g/mol. The largest absolute Gasteiger partial charge is 0.497 e. The molecule has 0 radical (unpaired) electrons. The third kappa shape index (κ3) is 5.94. The van der Waals surface area contributed by atoms with Gasteiger partial charge in [-0.15, -0.1) is 0 Å². The second-order valence-electron chi connectivity index (χ2n) is 9.12. The number of esters is 1. The first kappa shape index (κ1) is 27.2. The predicted molar refractivity (Wildman–Crippen MR) is 156 cm³/mol. The zero-order valence-electron chi connectivity index (χ0n) is 22.4. The number of amides is 1. The minimum absolute atomic E-state index is 0.121. The normalized spacial score (nSPS) is 16.1. The number of hydrogen-bond donors (Lipinski definition) is 1. The van der Waals surface area contributed by atoms with Crippen molar-refractivity contribution < 1.29 is 19.1 Å². The van der Waals surface area contributed by atoms with Crippen molar-refractivity contribution >= 4 is 34.5 Å². The van der Waals surface area contributed by atoms with E-state index in [-0.39, 0.29) is 18.9 Å². The number of benzene rings is 2. The van der Waals surface area contributed by atoms with Gasteiger partial charge in [-0.3, -0.25) is 9.78 Å². The van der Waals surface area contributed by atoms with Crippen LogP contribution in [-0.2, 0) is 20.7 Å². The highest BCUT2D eigenvalue weighted by atomic mass is 32.2. The number of amidine groups is 1. The Bertz CT molecular complexity index is 1470. The van der Waals surface area contributed by atoms with Crippen LogP contribution in [0.15, 0.2) is 101 Å². The van der Waals surface area contributed by atoms with Crippen molar-refractivity contribution in [3.8, 4) is 5.75 Å². The molecule has 1 aromatic heterocycles. The third-order valence-electron chi connectivity index (χ3n) is 6.53. The van der Waals surface area contributed by atoms with Crippen molar-refractivity contribution in [2.24, 2.45) is 4.99 Å². The van der Waals surface area contributed by atoms with Gasteiger partial charge in [0.25, 0.3) is 0 Å². The summed E-state index contributed by atoms with van der Waals surface area (Å²) in [6, 6.07) is 22.4. The molecule has 1 unspecified atom stereocenters. The van der Waals surface area contributed by atoms with Gasteiger partial charge in [0.2, 0.25) is 5.91 Å². The Morgan fingerprint density at radius 1 is 1.05 bits per heavy atom. The summed E-state index contributed by atoms with van der Waals surface area (Å²) < 4.78 is 11.1. The van der Waals surface area contributed by atoms with E-state index in [1.165, 1.54) is 11.8 Å². The Morgan fingerprint density at radius 3 is 2.62 bits per heavy atom. The summed E-state index contributed by atoms with van der Waals surface area (Å²) in [7, 11) is 1.61. The van der Waals surface area contributed by atoms with Gasteiger partial charge in [-0.25, -0.2) is 9.79 Å². The van der Waals surface area contributed by atoms with E-state index in [1.54, 1.807) is 20.2 Å². The number of thioether (sulfide) groups is 1. The molecule has 8 nitrogen and oxygen atoms in total. The number of aliphatic imine (C=N–C) groups is 1. The van der Waals surface area contributed by atoms with Gasteiger partial charge in [-0.1, -0.05) is 60.3 Å². The van der Waals surface area contributed by atoms with Crippen LogP contribution in [0, 0.1) is 0 Å². The van der Waals surface area contributed by atoms with E-state index in [2.05, 4.69) is 10.3 Å². The summed E-state index contributed by atoms with van der Waals surface area (Å²) in [5.74, 6) is 0.0904. The van der Waals surface area contributed by atoms with E-state index in [4.69, 9.17) is 14.5 Å². The maximum atomic E-state index is 13.6. The lowest BCUT2D eigenvalue weighted by Gasteiger charge is -2.37. The highest BCUT2D eigenvalue weighted by molar-refractivity contribution is 8.16. The maximum Gasteiger partial charge on any atom is 0.338 e. The minimum Gasteiger partial charge on any atom is -0.497 e. The summed E-state index contributed by atoms with van der Waals surface area (Å²) in [4.78, 5) is 37.9. The Labute approximate surface area is 237 Å². The van der Waals surface area contributed by atoms with Crippen LogP contribution in [0.25, 0.3) is 5.70 Å². The van der Waals surface area contributed by atoms with Gasteiger partial charge in [0.15, 0.2) is 5.17 Å². The van der Waals surface area contributed by atoms with Crippen LogP contribution >= 0.6 is 11.8 Å². The molecule has 3 aromatic rings. The molecule has 0 aliphatic carbocycles. The van der Waals surface area contributed by atoms with Crippen LogP contribution in [-0.4, -0.2) is 47.2 Å². The maximum absolute atomic E-state index is 13.6. The molecule has 0 saturated carbocycles. The number of nitrogens with one attached hydrogen (secondary N) is 1. The Balaban J connectivity index is 1.49. The van der Waals surface area contributed by atoms with Crippen LogP contribution in [0.4, 0.5) is 0 Å². The first-order valence-electron chi connectivity index (χ1n) is 13.1. The summed E-state index contributed by atoms with van der Waals surface area (Å²) >= 11 is 1.44. The van der Waals surface area contributed by atoms with Gasteiger partial charge in [-0.2, -0.15) is 0 Å². The van der Waals surface area contributed by atoms with Crippen LogP contribution in [0.5, 0.6) is 5.75 Å². The number of hydrogen-bond acceptors (Lipinski definition) is 8. The third-order valence-corrected chi connectivity index (χ3v) is 7.42. The fourth-order valence-electron chi connectivity index (χ4n) is 4.72. The molecule has 40 heavy (non-hydrogen) atoms. The summed E-state index contributed by atoms with van der Waals surface area (Å²) in [6.45, 7) is 2.48. The summed E-state index contributed by atoms with van der Waals surface area (Å²) in [5, 5.41) is 5.62. The second kappa shape index (κ2) is 12.7. The Morgan fingerprint density at radius 2 is 1.88 bits per heavy atom. The van der Waals surface area contributed by atoms with Crippen molar-refractivity contribution in [3.63, 3.8) is 0 Å². The number of fused-ring (bicyclic) bond motifs is 1. The Hall–Kier alpha value is -4.37. The molecule has 9 heteroatoms. The van der Waals surface area contributed by atoms with E-state index < -0.39 is 12.0 Å². The summed E-state index contributed by atoms with van der Waals surface area (Å²) in [5.41, 5.74) is 4.27. The molecule has 0 bridgehead atoms. The van der Waals surface area contributed by atoms with Gasteiger partial charge < -0.3 is 19.7 Å². The number of carbonyl (C=O) groups excluding carboxylic acids is 2. The number of aromatic nitrogens is 1. The van der Waals surface area contributed by atoms with Crippen molar-refractivity contribution in [2.45, 2.75) is 25.8 Å². The van der Waals surface area contributed by atoms with Crippen molar-refractivity contribution in [1.82, 2.24) is 15.2 Å². The fraction of sp³-hybridized carbons (Fsp3) is 0.226. The second-order valence-corrected chi connectivity index (χ2v) is 9.95. The smallest absolute Gasteiger partial charge is 0.338 e. The van der Waals surface area contributed by atoms with Gasteiger partial charge >= 0.3 is 5.97 Å². The van der Waals surface area contributed by atoms with E-state index in [1.807, 2.05) is 83.1 Å². The van der Waals surface area contributed by atoms with Crippen molar-refractivity contribution in [1.29, 1.82) is 0 Å². The monoisotopic (exact) mass is 554 g/mol. The number of rotatable bonds is 10. The lowest BCUT2D eigenvalue weighted by Crippen LogP contribution is -2.38. The molecule has 1 atom stereocenters. The van der Waals surface area contributed by atoms with Crippen LogP contribution in [0.3, 0.4) is 0 Å². The predicted octanol–water partition coefficient (Wildman–Crippen LogP) is 5.11. The quantitative estimate of drug-likeness (QED) is 0.348. The first-order valence-corrected chi connectivity index (χ1v) is 14.0. The van der Waals surface area contributed by atoms with E-state index >= 15 is 0 Å². The van der Waals surface area contributed by atoms with Gasteiger partial charge in [0, 0.05) is 36.1 Å². The molecule has 3 heterocycles. The lowest BCUT2D eigenvalue weighted by atomic mass is 9.91. The average Bonchev–Trinajstić information content (AvgIpc) is 3.39. The molecule has 1 N–H and O–H groups in total. The molecule has 0 fully saturated rings. The van der Waals surface area contributed by atoms with Gasteiger partial charge in [0.05, 0.1) is 37.4 Å². The SMILES string of the molecule is CCOC(=O)C1=C(c2ccccc2)N=C2SC=C(CC(=O)NCCc3ccccn3)N2C1c1cccc(OC)c1. The molecular weight excluding hydrogens is 524 g/mol. The molecule has 2 aromatic carbocycles. The topological polar surface area (TPSA) is 93.1 Å². The zero-order valence-corrected chi connectivity index (χ0v) is 23.2. The van der Waals surface area contributed by atoms with Gasteiger partial charge in [0.1, 0.15) is 5.75 Å². The van der Waals surface area contributed by atoms with Crippen LogP contribution in [0.1, 0.15) is 36.2 Å². The highest BCUT2D eigenvalue weighted by Gasteiger charge is 2.42. The van der Waals surface area contributed by atoms with E-state index in [0.29, 0.717) is 35.2 Å². The molecule has 1 amide bonds. The van der Waals surface area contributed by atoms with Crippen LogP contribution in [0.2, 0.25) is 0 Å². The minimum atomic E-state index is -0.570. The van der Waals surface area contributed by atoms with E-state index in [9.17, 15) is 9.59 Å². The number of pyridine rings is 1. The highest BCUT2D eigenvalue weighted by Crippen LogP contribution is 2.47. The number of nitrogens with zero attached hydrogens (tertiary/aromatic N) is 3. The first-order chi connectivity index (χ1) is 19.6. The number of ether oxygens (including phenoxy) is 2. The molecule has 204 valence electrons. The lowest BCUT2D eigenvalue weighted by molar-refractivity contribution is -0.139. The number of methoxy groups -OCH3 is 1. The van der Waals surface area contributed by atoms with Gasteiger partial charge in [-0.05, 0) is 42.2 Å².